The summed E-state index contributed by atoms with van der Waals surface area (Å²) in [5.41, 5.74) is 15.3. The zero-order valence-corrected chi connectivity index (χ0v) is 27.7. The summed E-state index contributed by atoms with van der Waals surface area (Å²) in [6.07, 6.45) is 4.35. The van der Waals surface area contributed by atoms with E-state index in [4.69, 9.17) is 4.42 Å². The van der Waals surface area contributed by atoms with E-state index in [0.29, 0.717) is 0 Å². The molecule has 50 heavy (non-hydrogen) atoms. The normalized spacial score (nSPS) is 12.4. The number of aryl methyl sites for hydroxylation is 1. The minimum atomic E-state index is 0.963. The molecule has 0 unspecified atom stereocenters. The van der Waals surface area contributed by atoms with Crippen molar-refractivity contribution in [2.75, 3.05) is 4.90 Å². The summed E-state index contributed by atoms with van der Waals surface area (Å²) < 4.78 is 6.39. The van der Waals surface area contributed by atoms with Crippen LogP contribution >= 0.6 is 0 Å². The van der Waals surface area contributed by atoms with Crippen molar-refractivity contribution in [1.82, 2.24) is 0 Å². The lowest BCUT2D eigenvalue weighted by Gasteiger charge is -2.26. The van der Waals surface area contributed by atoms with Crippen LogP contribution in [-0.2, 0) is 6.42 Å². The van der Waals surface area contributed by atoms with Gasteiger partial charge in [0.2, 0.25) is 0 Å². The lowest BCUT2D eigenvalue weighted by atomic mass is 9.91. The topological polar surface area (TPSA) is 16.4 Å². The molecule has 1 aliphatic carbocycles. The van der Waals surface area contributed by atoms with Crippen LogP contribution in [0.25, 0.3) is 49.9 Å². The number of nitrogens with zero attached hydrogens (tertiary/aromatic N) is 1. The van der Waals surface area contributed by atoms with Crippen molar-refractivity contribution in [1.29, 1.82) is 0 Å². The number of hydrogen-bond acceptors (Lipinski definition) is 2. The highest BCUT2D eigenvalue weighted by Crippen LogP contribution is 2.40. The van der Waals surface area contributed by atoms with Gasteiger partial charge in [-0.2, -0.15) is 0 Å². The molecule has 7 aromatic carbocycles. The summed E-state index contributed by atoms with van der Waals surface area (Å²) in [6.45, 7) is 0. The van der Waals surface area contributed by atoms with E-state index in [1.807, 2.05) is 6.07 Å². The highest BCUT2D eigenvalue weighted by atomic mass is 16.3. The second kappa shape index (κ2) is 12.9. The molecule has 2 nitrogen and oxygen atoms in total. The molecule has 2 heteroatoms. The van der Waals surface area contributed by atoms with Gasteiger partial charge < -0.3 is 9.32 Å². The third-order valence-electron chi connectivity index (χ3n) is 9.81. The first kappa shape index (κ1) is 29.7. The molecule has 238 valence electrons. The van der Waals surface area contributed by atoms with Crippen molar-refractivity contribution in [2.24, 2.45) is 0 Å². The molecule has 0 amide bonds. The van der Waals surface area contributed by atoms with E-state index in [1.165, 1.54) is 55.5 Å². The van der Waals surface area contributed by atoms with Gasteiger partial charge in [0.15, 0.2) is 0 Å². The van der Waals surface area contributed by atoms with E-state index in [0.717, 1.165) is 41.2 Å². The van der Waals surface area contributed by atoms with Gasteiger partial charge in [0.05, 0.1) is 0 Å². The van der Waals surface area contributed by atoms with E-state index in [-0.39, 0.29) is 0 Å². The van der Waals surface area contributed by atoms with Gasteiger partial charge in [-0.3, -0.25) is 0 Å². The van der Waals surface area contributed by atoms with Gasteiger partial charge in [-0.05, 0) is 94.3 Å². The van der Waals surface area contributed by atoms with Crippen molar-refractivity contribution in [2.45, 2.75) is 12.8 Å². The van der Waals surface area contributed by atoms with Gasteiger partial charge >= 0.3 is 0 Å². The van der Waals surface area contributed by atoms with Crippen LogP contribution in [0.4, 0.5) is 17.1 Å². The number of rotatable bonds is 7. The first-order chi connectivity index (χ1) is 24.8. The SMILES string of the molecule is C1=C(c2ccc(N(c3ccccc3)c3ccc(-c4ccc(-c5ccc(-c6ccccc6)cc5)cc4)cc3)cc2)c2oc3ccccc3c2CC1. The molecule has 1 heterocycles. The second-order valence-corrected chi connectivity index (χ2v) is 12.8. The molecule has 0 aliphatic heterocycles. The summed E-state index contributed by atoms with van der Waals surface area (Å²) in [6, 6.07) is 64.9. The van der Waals surface area contributed by atoms with E-state index in [1.54, 1.807) is 0 Å². The number of para-hydroxylation sites is 2. The Morgan fingerprint density at radius 1 is 0.380 bits per heavy atom. The molecule has 0 atom stereocenters. The fraction of sp³-hybridized carbons (Fsp3) is 0.0417. The molecule has 0 saturated carbocycles. The number of benzene rings is 7. The monoisotopic (exact) mass is 641 g/mol. The molecule has 9 rings (SSSR count). The molecule has 0 radical (unpaired) electrons. The van der Waals surface area contributed by atoms with Crippen LogP contribution in [0, 0.1) is 0 Å². The number of anilines is 3. The van der Waals surface area contributed by atoms with E-state index >= 15 is 0 Å². The van der Waals surface area contributed by atoms with Gasteiger partial charge in [-0.15, -0.1) is 0 Å². The van der Waals surface area contributed by atoms with Crippen LogP contribution in [-0.4, -0.2) is 0 Å². The van der Waals surface area contributed by atoms with Gasteiger partial charge in [0.1, 0.15) is 11.3 Å². The molecule has 0 fully saturated rings. The van der Waals surface area contributed by atoms with E-state index in [9.17, 15) is 0 Å². The summed E-state index contributed by atoms with van der Waals surface area (Å²) in [5, 5.41) is 1.23. The van der Waals surface area contributed by atoms with Gasteiger partial charge in [-0.1, -0.05) is 146 Å². The largest absolute Gasteiger partial charge is 0.456 e. The van der Waals surface area contributed by atoms with Crippen molar-refractivity contribution < 1.29 is 4.42 Å². The Bertz CT molecular complexity index is 2420. The fourth-order valence-corrected chi connectivity index (χ4v) is 7.23. The van der Waals surface area contributed by atoms with Gasteiger partial charge in [0, 0.05) is 33.6 Å². The average Bonchev–Trinajstić information content (AvgIpc) is 3.59. The van der Waals surface area contributed by atoms with Crippen LogP contribution < -0.4 is 4.90 Å². The number of furan rings is 1. The highest BCUT2D eigenvalue weighted by Gasteiger charge is 2.22. The third-order valence-corrected chi connectivity index (χ3v) is 9.81. The van der Waals surface area contributed by atoms with Gasteiger partial charge in [0.25, 0.3) is 0 Å². The highest BCUT2D eigenvalue weighted by molar-refractivity contribution is 5.92. The average molecular weight is 642 g/mol. The molecule has 8 aromatic rings. The Balaban J connectivity index is 0.976. The Morgan fingerprint density at radius 2 is 0.800 bits per heavy atom. The van der Waals surface area contributed by atoms with Crippen LogP contribution in [0.15, 0.2) is 192 Å². The first-order valence-corrected chi connectivity index (χ1v) is 17.3. The van der Waals surface area contributed by atoms with Crippen molar-refractivity contribution in [3.8, 4) is 33.4 Å². The zero-order valence-electron chi connectivity index (χ0n) is 27.7. The lowest BCUT2D eigenvalue weighted by molar-refractivity contribution is 0.591. The predicted molar refractivity (Wildman–Crippen MR) is 209 cm³/mol. The van der Waals surface area contributed by atoms with E-state index < -0.39 is 0 Å². The third kappa shape index (κ3) is 5.61. The summed E-state index contributed by atoms with van der Waals surface area (Å²) in [5.74, 6) is 1.01. The molecular formula is C48H35NO. The van der Waals surface area contributed by atoms with Gasteiger partial charge in [-0.25, -0.2) is 0 Å². The maximum atomic E-state index is 6.39. The zero-order chi connectivity index (χ0) is 33.3. The fourth-order valence-electron chi connectivity index (χ4n) is 7.23. The molecule has 0 saturated heterocycles. The van der Waals surface area contributed by atoms with Crippen LogP contribution in [0.3, 0.4) is 0 Å². The number of fused-ring (bicyclic) bond motifs is 3. The minimum Gasteiger partial charge on any atom is -0.456 e. The molecule has 0 bridgehead atoms. The summed E-state index contributed by atoms with van der Waals surface area (Å²) in [4.78, 5) is 2.32. The standard InChI is InChI=1S/C48H35NO/c1-3-10-34(11-4-1)35-18-20-36(21-19-35)37-22-24-38(25-23-37)39-26-30-42(31-27-39)49(41-12-5-2-6-13-41)43-32-28-40(29-33-43)44-15-9-16-46-45-14-7-8-17-47(45)50-48(44)46/h1-8,10-15,17-33H,9,16H2. The molecule has 1 aliphatic rings. The van der Waals surface area contributed by atoms with Crippen LogP contribution in [0.2, 0.25) is 0 Å². The molecule has 0 N–H and O–H groups in total. The van der Waals surface area contributed by atoms with Crippen LogP contribution in [0.1, 0.15) is 23.3 Å². The quantitative estimate of drug-likeness (QED) is 0.172. The number of allylic oxidation sites excluding steroid dienone is 1. The smallest absolute Gasteiger partial charge is 0.138 e. The summed E-state index contributed by atoms with van der Waals surface area (Å²) in [7, 11) is 0. The Labute approximate surface area is 293 Å². The van der Waals surface area contributed by atoms with Crippen molar-refractivity contribution >= 4 is 33.6 Å². The number of hydrogen-bond donors (Lipinski definition) is 0. The Hall–Kier alpha value is -6.38. The maximum absolute atomic E-state index is 6.39. The Kier molecular flexibility index (Phi) is 7.68. The lowest BCUT2D eigenvalue weighted by Crippen LogP contribution is -2.09. The second-order valence-electron chi connectivity index (χ2n) is 12.8. The predicted octanol–water partition coefficient (Wildman–Crippen LogP) is 13.3. The van der Waals surface area contributed by atoms with Crippen LogP contribution in [0.5, 0.6) is 0 Å². The minimum absolute atomic E-state index is 0.963. The molecule has 1 aromatic heterocycles. The van der Waals surface area contributed by atoms with E-state index in [2.05, 4.69) is 187 Å². The maximum Gasteiger partial charge on any atom is 0.138 e. The Morgan fingerprint density at radius 3 is 1.36 bits per heavy atom. The van der Waals surface area contributed by atoms with Crippen molar-refractivity contribution in [3.05, 3.63) is 205 Å². The molecular weight excluding hydrogens is 607 g/mol. The summed E-state index contributed by atoms with van der Waals surface area (Å²) >= 11 is 0. The first-order valence-electron chi connectivity index (χ1n) is 17.3. The van der Waals surface area contributed by atoms with Crippen molar-refractivity contribution in [3.63, 3.8) is 0 Å². The molecule has 0 spiro atoms.